The lowest BCUT2D eigenvalue weighted by molar-refractivity contribution is 0.0959. The van der Waals surface area contributed by atoms with Crippen LogP contribution in [0.3, 0.4) is 0 Å². The summed E-state index contributed by atoms with van der Waals surface area (Å²) in [5, 5.41) is 2.69. The average Bonchev–Trinajstić information content (AvgIpc) is 3.44. The molecule has 0 aliphatic carbocycles. The van der Waals surface area contributed by atoms with E-state index in [0.29, 0.717) is 5.69 Å². The number of rotatable bonds is 4. The number of carbonyl (C=O) groups is 1. The van der Waals surface area contributed by atoms with Crippen LogP contribution in [0.2, 0.25) is 0 Å². The van der Waals surface area contributed by atoms with Crippen LogP contribution in [0.25, 0.3) is 28.6 Å². The maximum absolute atomic E-state index is 13.6. The summed E-state index contributed by atoms with van der Waals surface area (Å²) in [7, 11) is 1.60. The SMILES string of the molecule is CNC(=O)c1nc2n(c1-c1ccc(F)cc1)CCC/C2=C\c1ccc(-n2cnc(C)c2)c(C)c1. The van der Waals surface area contributed by atoms with E-state index in [-0.39, 0.29) is 11.7 Å². The Labute approximate surface area is 197 Å². The van der Waals surface area contributed by atoms with E-state index in [1.807, 2.05) is 24.0 Å². The summed E-state index contributed by atoms with van der Waals surface area (Å²) in [6.45, 7) is 4.81. The van der Waals surface area contributed by atoms with Crippen molar-refractivity contribution in [1.29, 1.82) is 0 Å². The monoisotopic (exact) mass is 455 g/mol. The van der Waals surface area contributed by atoms with Crippen molar-refractivity contribution in [1.82, 2.24) is 24.4 Å². The van der Waals surface area contributed by atoms with Gasteiger partial charge >= 0.3 is 0 Å². The number of carbonyl (C=O) groups excluding carboxylic acids is 1. The van der Waals surface area contributed by atoms with Crippen LogP contribution in [0.5, 0.6) is 0 Å². The molecule has 0 atom stereocenters. The first-order valence-corrected chi connectivity index (χ1v) is 11.4. The summed E-state index contributed by atoms with van der Waals surface area (Å²) < 4.78 is 17.7. The first-order valence-electron chi connectivity index (χ1n) is 11.4. The summed E-state index contributed by atoms with van der Waals surface area (Å²) >= 11 is 0. The Morgan fingerprint density at radius 3 is 2.62 bits per heavy atom. The van der Waals surface area contributed by atoms with Gasteiger partial charge in [0, 0.05) is 31.0 Å². The number of allylic oxidation sites excluding steroid dienone is 1. The highest BCUT2D eigenvalue weighted by Gasteiger charge is 2.27. The summed E-state index contributed by atoms with van der Waals surface area (Å²) in [4.78, 5) is 21.8. The molecular weight excluding hydrogens is 429 g/mol. The molecule has 1 amide bonds. The summed E-state index contributed by atoms with van der Waals surface area (Å²) in [6, 6.07) is 12.6. The van der Waals surface area contributed by atoms with E-state index >= 15 is 0 Å². The van der Waals surface area contributed by atoms with Gasteiger partial charge in [-0.3, -0.25) is 4.79 Å². The van der Waals surface area contributed by atoms with Gasteiger partial charge in [-0.15, -0.1) is 0 Å². The fourth-order valence-electron chi connectivity index (χ4n) is 4.58. The number of halogens is 1. The van der Waals surface area contributed by atoms with Crippen LogP contribution in [-0.4, -0.2) is 32.1 Å². The molecule has 0 unspecified atom stereocenters. The molecule has 2 aromatic heterocycles. The van der Waals surface area contributed by atoms with Crippen LogP contribution in [0.15, 0.2) is 55.0 Å². The molecule has 34 heavy (non-hydrogen) atoms. The number of amides is 1. The molecule has 0 radical (unpaired) electrons. The van der Waals surface area contributed by atoms with Crippen LogP contribution in [-0.2, 0) is 6.54 Å². The van der Waals surface area contributed by atoms with E-state index in [9.17, 15) is 9.18 Å². The topological polar surface area (TPSA) is 64.7 Å². The van der Waals surface area contributed by atoms with E-state index in [1.54, 1.807) is 19.2 Å². The Balaban J connectivity index is 1.58. The molecule has 2 aromatic carbocycles. The predicted molar refractivity (Wildman–Crippen MR) is 131 cm³/mol. The van der Waals surface area contributed by atoms with Crippen LogP contribution in [0.1, 0.15) is 46.0 Å². The normalized spacial score (nSPS) is 14.3. The zero-order valence-corrected chi connectivity index (χ0v) is 19.5. The van der Waals surface area contributed by atoms with Gasteiger partial charge in [-0.2, -0.15) is 0 Å². The first-order chi connectivity index (χ1) is 16.4. The number of hydrogen-bond donors (Lipinski definition) is 1. The van der Waals surface area contributed by atoms with Gasteiger partial charge in [0.2, 0.25) is 0 Å². The van der Waals surface area contributed by atoms with Gasteiger partial charge in [0.1, 0.15) is 11.6 Å². The third-order valence-electron chi connectivity index (χ3n) is 6.19. The molecule has 7 heteroatoms. The van der Waals surface area contributed by atoms with Gasteiger partial charge in [0.25, 0.3) is 5.91 Å². The van der Waals surface area contributed by atoms with E-state index in [0.717, 1.165) is 64.5 Å². The summed E-state index contributed by atoms with van der Waals surface area (Å²) in [5.41, 5.74) is 7.22. The zero-order valence-electron chi connectivity index (χ0n) is 19.5. The van der Waals surface area contributed by atoms with Crippen molar-refractivity contribution in [3.05, 3.63) is 89.1 Å². The standard InChI is InChI=1S/C27H26FN5O/c1-17-13-19(6-11-23(17)32-15-18(2)30-16-32)14-21-5-4-12-33-25(20-7-9-22(28)10-8-20)24(27(34)29-3)31-26(21)33/h6-11,13-16H,4-5,12H2,1-3H3,(H,29,34)/b21-14+. The third kappa shape index (κ3) is 3.94. The maximum atomic E-state index is 13.6. The number of benzene rings is 2. The van der Waals surface area contributed by atoms with E-state index < -0.39 is 0 Å². The largest absolute Gasteiger partial charge is 0.354 e. The Kier molecular flexibility index (Phi) is 5.61. The minimum atomic E-state index is -0.311. The lowest BCUT2D eigenvalue weighted by Gasteiger charge is -2.20. The van der Waals surface area contributed by atoms with Crippen molar-refractivity contribution < 1.29 is 9.18 Å². The highest BCUT2D eigenvalue weighted by molar-refractivity contribution is 5.99. The van der Waals surface area contributed by atoms with Crippen LogP contribution in [0, 0.1) is 19.7 Å². The molecule has 0 saturated carbocycles. The predicted octanol–water partition coefficient (Wildman–Crippen LogP) is 5.19. The Morgan fingerprint density at radius 2 is 1.94 bits per heavy atom. The second-order valence-electron chi connectivity index (χ2n) is 8.61. The number of nitrogens with one attached hydrogen (secondary N) is 1. The van der Waals surface area contributed by atoms with Crippen LogP contribution in [0.4, 0.5) is 4.39 Å². The van der Waals surface area contributed by atoms with E-state index in [2.05, 4.69) is 46.1 Å². The average molecular weight is 456 g/mol. The van der Waals surface area contributed by atoms with Gasteiger partial charge in [0.05, 0.1) is 17.7 Å². The number of fused-ring (bicyclic) bond motifs is 1. The molecule has 0 saturated heterocycles. The zero-order chi connectivity index (χ0) is 23.8. The third-order valence-corrected chi connectivity index (χ3v) is 6.19. The summed E-state index contributed by atoms with van der Waals surface area (Å²) in [6.07, 6.45) is 7.78. The molecule has 1 aliphatic heterocycles. The highest BCUT2D eigenvalue weighted by Crippen LogP contribution is 2.35. The molecule has 5 rings (SSSR count). The molecule has 172 valence electrons. The smallest absolute Gasteiger partial charge is 0.271 e. The Hall–Kier alpha value is -4.00. The molecule has 0 bridgehead atoms. The number of aromatic nitrogens is 4. The Bertz CT molecular complexity index is 1410. The summed E-state index contributed by atoms with van der Waals surface area (Å²) in [5.74, 6) is 0.224. The van der Waals surface area contributed by atoms with Gasteiger partial charge < -0.3 is 14.5 Å². The molecule has 0 spiro atoms. The number of nitrogens with zero attached hydrogens (tertiary/aromatic N) is 4. The minimum absolute atomic E-state index is 0.253. The first kappa shape index (κ1) is 21.8. The molecule has 0 fully saturated rings. The van der Waals surface area contributed by atoms with Gasteiger partial charge in [-0.1, -0.05) is 6.07 Å². The van der Waals surface area contributed by atoms with Crippen LogP contribution < -0.4 is 5.32 Å². The molecule has 1 aliphatic rings. The van der Waals surface area contributed by atoms with Crippen molar-refractivity contribution in [3.8, 4) is 16.9 Å². The lowest BCUT2D eigenvalue weighted by Crippen LogP contribution is -2.19. The second-order valence-corrected chi connectivity index (χ2v) is 8.61. The highest BCUT2D eigenvalue weighted by atomic mass is 19.1. The number of imidazole rings is 2. The van der Waals surface area contributed by atoms with Crippen molar-refractivity contribution >= 4 is 17.6 Å². The van der Waals surface area contributed by atoms with E-state index in [1.165, 1.54) is 12.1 Å². The molecule has 3 heterocycles. The molecule has 1 N–H and O–H groups in total. The van der Waals surface area contributed by atoms with Crippen LogP contribution >= 0.6 is 0 Å². The molecular formula is C27H26FN5O. The lowest BCUT2D eigenvalue weighted by atomic mass is 10.0. The minimum Gasteiger partial charge on any atom is -0.354 e. The second kappa shape index (κ2) is 8.74. The quantitative estimate of drug-likeness (QED) is 0.461. The number of hydrogen-bond acceptors (Lipinski definition) is 3. The van der Waals surface area contributed by atoms with Gasteiger partial charge in [-0.05, 0) is 85.9 Å². The van der Waals surface area contributed by atoms with Crippen molar-refractivity contribution in [2.45, 2.75) is 33.2 Å². The van der Waals surface area contributed by atoms with E-state index in [4.69, 9.17) is 4.98 Å². The van der Waals surface area contributed by atoms with Crippen molar-refractivity contribution in [3.63, 3.8) is 0 Å². The fraction of sp³-hybridized carbons (Fsp3) is 0.222. The van der Waals surface area contributed by atoms with Gasteiger partial charge in [0.15, 0.2) is 5.69 Å². The molecule has 6 nitrogen and oxygen atoms in total. The van der Waals surface area contributed by atoms with Crippen molar-refractivity contribution in [2.75, 3.05) is 7.05 Å². The maximum Gasteiger partial charge on any atom is 0.271 e. The molecule has 4 aromatic rings. The van der Waals surface area contributed by atoms with Gasteiger partial charge in [-0.25, -0.2) is 14.4 Å². The fourth-order valence-corrected chi connectivity index (χ4v) is 4.58. The Morgan fingerprint density at radius 1 is 1.15 bits per heavy atom. The number of aryl methyl sites for hydroxylation is 2. The van der Waals surface area contributed by atoms with Crippen molar-refractivity contribution in [2.24, 2.45) is 0 Å².